The third-order valence-corrected chi connectivity index (χ3v) is 2.89. The minimum atomic E-state index is -0.190. The van der Waals surface area contributed by atoms with Crippen LogP contribution in [-0.4, -0.2) is 16.3 Å². The highest BCUT2D eigenvalue weighted by molar-refractivity contribution is 5.26. The summed E-state index contributed by atoms with van der Waals surface area (Å²) in [4.78, 5) is 0. The predicted octanol–water partition coefficient (Wildman–Crippen LogP) is 2.49. The Bertz CT molecular complexity index is 520. The molecule has 0 aliphatic carbocycles. The average molecular weight is 247 g/mol. The Morgan fingerprint density at radius 3 is 2.89 bits per heavy atom. The summed E-state index contributed by atoms with van der Waals surface area (Å²) in [7, 11) is 0. The molecule has 0 unspecified atom stereocenters. The number of aromatic nitrogens is 2. The molecule has 4 heteroatoms. The SMILES string of the molecule is CCNCc1ccn(Cc2ccc(F)cc2C)n1. The van der Waals surface area contributed by atoms with E-state index in [0.717, 1.165) is 29.9 Å². The van der Waals surface area contributed by atoms with E-state index in [9.17, 15) is 4.39 Å². The molecule has 0 aliphatic heterocycles. The molecule has 0 atom stereocenters. The van der Waals surface area contributed by atoms with Crippen LogP contribution >= 0.6 is 0 Å². The largest absolute Gasteiger partial charge is 0.311 e. The lowest BCUT2D eigenvalue weighted by Crippen LogP contribution is -2.12. The van der Waals surface area contributed by atoms with Crippen LogP contribution in [-0.2, 0) is 13.1 Å². The molecular weight excluding hydrogens is 229 g/mol. The number of hydrogen-bond acceptors (Lipinski definition) is 2. The van der Waals surface area contributed by atoms with Gasteiger partial charge in [-0.2, -0.15) is 5.10 Å². The van der Waals surface area contributed by atoms with Gasteiger partial charge in [-0.25, -0.2) is 4.39 Å². The molecule has 1 aromatic heterocycles. The van der Waals surface area contributed by atoms with Gasteiger partial charge in [0, 0.05) is 12.7 Å². The van der Waals surface area contributed by atoms with Crippen molar-refractivity contribution >= 4 is 0 Å². The van der Waals surface area contributed by atoms with Gasteiger partial charge in [-0.3, -0.25) is 4.68 Å². The lowest BCUT2D eigenvalue weighted by atomic mass is 10.1. The van der Waals surface area contributed by atoms with Crippen molar-refractivity contribution in [1.29, 1.82) is 0 Å². The predicted molar refractivity (Wildman–Crippen MR) is 69.8 cm³/mol. The summed E-state index contributed by atoms with van der Waals surface area (Å²) in [5, 5.41) is 7.70. The molecule has 1 aromatic carbocycles. The van der Waals surface area contributed by atoms with Gasteiger partial charge in [0.1, 0.15) is 5.82 Å². The van der Waals surface area contributed by atoms with Crippen LogP contribution in [0.1, 0.15) is 23.7 Å². The normalized spacial score (nSPS) is 10.8. The molecule has 0 saturated carbocycles. The van der Waals surface area contributed by atoms with E-state index in [4.69, 9.17) is 0 Å². The molecule has 96 valence electrons. The van der Waals surface area contributed by atoms with E-state index in [0.29, 0.717) is 6.54 Å². The minimum absolute atomic E-state index is 0.190. The van der Waals surface area contributed by atoms with Crippen molar-refractivity contribution in [3.63, 3.8) is 0 Å². The number of nitrogens with one attached hydrogen (secondary N) is 1. The van der Waals surface area contributed by atoms with Gasteiger partial charge < -0.3 is 5.32 Å². The summed E-state index contributed by atoms with van der Waals surface area (Å²) in [5.41, 5.74) is 3.07. The fraction of sp³-hybridized carbons (Fsp3) is 0.357. The summed E-state index contributed by atoms with van der Waals surface area (Å²) >= 11 is 0. The van der Waals surface area contributed by atoms with Gasteiger partial charge in [-0.05, 0) is 42.8 Å². The molecule has 0 fully saturated rings. The first kappa shape index (κ1) is 12.8. The third kappa shape index (κ3) is 3.17. The second-order valence-corrected chi connectivity index (χ2v) is 4.36. The van der Waals surface area contributed by atoms with Crippen LogP contribution in [0.2, 0.25) is 0 Å². The molecule has 3 nitrogen and oxygen atoms in total. The maximum absolute atomic E-state index is 13.0. The molecule has 0 bridgehead atoms. The average Bonchev–Trinajstić information content (AvgIpc) is 2.78. The van der Waals surface area contributed by atoms with Crippen LogP contribution in [0.5, 0.6) is 0 Å². The van der Waals surface area contributed by atoms with E-state index >= 15 is 0 Å². The van der Waals surface area contributed by atoms with Gasteiger partial charge in [0.15, 0.2) is 0 Å². The van der Waals surface area contributed by atoms with Gasteiger partial charge in [0.25, 0.3) is 0 Å². The monoisotopic (exact) mass is 247 g/mol. The lowest BCUT2D eigenvalue weighted by molar-refractivity contribution is 0.619. The smallest absolute Gasteiger partial charge is 0.123 e. The zero-order chi connectivity index (χ0) is 13.0. The van der Waals surface area contributed by atoms with Gasteiger partial charge in [-0.15, -0.1) is 0 Å². The number of rotatable bonds is 5. The van der Waals surface area contributed by atoms with Crippen molar-refractivity contribution in [3.8, 4) is 0 Å². The van der Waals surface area contributed by atoms with Crippen molar-refractivity contribution in [2.75, 3.05) is 6.54 Å². The van der Waals surface area contributed by atoms with E-state index in [-0.39, 0.29) is 5.82 Å². The Morgan fingerprint density at radius 1 is 1.33 bits per heavy atom. The number of hydrogen-bond donors (Lipinski definition) is 1. The zero-order valence-electron chi connectivity index (χ0n) is 10.8. The first-order valence-corrected chi connectivity index (χ1v) is 6.17. The fourth-order valence-corrected chi connectivity index (χ4v) is 1.85. The maximum atomic E-state index is 13.0. The Morgan fingerprint density at radius 2 is 2.17 bits per heavy atom. The van der Waals surface area contributed by atoms with E-state index < -0.39 is 0 Å². The van der Waals surface area contributed by atoms with E-state index in [2.05, 4.69) is 17.3 Å². The second kappa shape index (κ2) is 5.78. The van der Waals surface area contributed by atoms with Crippen molar-refractivity contribution in [2.24, 2.45) is 0 Å². The summed E-state index contributed by atoms with van der Waals surface area (Å²) in [6.45, 7) is 6.38. The summed E-state index contributed by atoms with van der Waals surface area (Å²) < 4.78 is 14.9. The molecule has 0 aliphatic rings. The Kier molecular flexibility index (Phi) is 4.10. The van der Waals surface area contributed by atoms with Gasteiger partial charge >= 0.3 is 0 Å². The quantitative estimate of drug-likeness (QED) is 0.879. The molecule has 1 heterocycles. The molecular formula is C14H18FN3. The van der Waals surface area contributed by atoms with Crippen molar-refractivity contribution in [2.45, 2.75) is 26.9 Å². The number of halogens is 1. The van der Waals surface area contributed by atoms with Crippen LogP contribution in [0.25, 0.3) is 0 Å². The van der Waals surface area contributed by atoms with E-state index in [1.54, 1.807) is 6.07 Å². The Labute approximate surface area is 107 Å². The van der Waals surface area contributed by atoms with Gasteiger partial charge in [-0.1, -0.05) is 13.0 Å². The van der Waals surface area contributed by atoms with Crippen molar-refractivity contribution in [1.82, 2.24) is 15.1 Å². The molecule has 0 spiro atoms. The zero-order valence-corrected chi connectivity index (χ0v) is 10.8. The molecule has 2 aromatic rings. The molecule has 0 amide bonds. The lowest BCUT2D eigenvalue weighted by Gasteiger charge is -2.06. The highest BCUT2D eigenvalue weighted by Crippen LogP contribution is 2.11. The molecule has 0 saturated heterocycles. The maximum Gasteiger partial charge on any atom is 0.123 e. The first-order valence-electron chi connectivity index (χ1n) is 6.17. The van der Waals surface area contributed by atoms with Crippen LogP contribution in [0, 0.1) is 12.7 Å². The highest BCUT2D eigenvalue weighted by Gasteiger charge is 2.03. The standard InChI is InChI=1S/C14H18FN3/c1-3-16-9-14-6-7-18(17-14)10-12-4-5-13(15)8-11(12)2/h4-8,16H,3,9-10H2,1-2H3. The van der Waals surface area contributed by atoms with Gasteiger partial charge in [0.05, 0.1) is 12.2 Å². The minimum Gasteiger partial charge on any atom is -0.311 e. The first-order chi connectivity index (χ1) is 8.69. The van der Waals surface area contributed by atoms with Crippen molar-refractivity contribution < 1.29 is 4.39 Å². The third-order valence-electron chi connectivity index (χ3n) is 2.89. The van der Waals surface area contributed by atoms with Crippen LogP contribution in [0.4, 0.5) is 4.39 Å². The Balaban J connectivity index is 2.06. The van der Waals surface area contributed by atoms with Gasteiger partial charge in [0.2, 0.25) is 0 Å². The van der Waals surface area contributed by atoms with E-state index in [1.165, 1.54) is 6.07 Å². The number of benzene rings is 1. The molecule has 2 rings (SSSR count). The second-order valence-electron chi connectivity index (χ2n) is 4.36. The van der Waals surface area contributed by atoms with E-state index in [1.807, 2.05) is 29.9 Å². The molecule has 1 N–H and O–H groups in total. The molecule has 0 radical (unpaired) electrons. The van der Waals surface area contributed by atoms with Crippen LogP contribution in [0.15, 0.2) is 30.5 Å². The number of nitrogens with zero attached hydrogens (tertiary/aromatic N) is 2. The summed E-state index contributed by atoms with van der Waals surface area (Å²) in [6, 6.07) is 6.86. The summed E-state index contributed by atoms with van der Waals surface area (Å²) in [6.07, 6.45) is 1.95. The molecule has 18 heavy (non-hydrogen) atoms. The van der Waals surface area contributed by atoms with Crippen LogP contribution in [0.3, 0.4) is 0 Å². The topological polar surface area (TPSA) is 29.9 Å². The highest BCUT2D eigenvalue weighted by atomic mass is 19.1. The Hall–Kier alpha value is -1.68. The number of aryl methyl sites for hydroxylation is 1. The fourth-order valence-electron chi connectivity index (χ4n) is 1.85. The van der Waals surface area contributed by atoms with Crippen LogP contribution < -0.4 is 5.32 Å². The summed E-state index contributed by atoms with van der Waals surface area (Å²) in [5.74, 6) is -0.190. The van der Waals surface area contributed by atoms with Crippen molar-refractivity contribution in [3.05, 3.63) is 53.1 Å².